The Morgan fingerprint density at radius 3 is 1.37 bits per heavy atom. The van der Waals surface area contributed by atoms with Crippen LogP contribution in [-0.2, 0) is 14.3 Å². The van der Waals surface area contributed by atoms with Crippen LogP contribution in [-0.4, -0.2) is 110 Å². The maximum absolute atomic E-state index is 13.0. The molecule has 0 saturated carbocycles. The lowest BCUT2D eigenvalue weighted by atomic mass is 9.98. The molecule has 0 spiro atoms. The summed E-state index contributed by atoms with van der Waals surface area (Å²) in [4.78, 5) is 13.0. The normalized spacial score (nSPS) is 21.2. The van der Waals surface area contributed by atoms with Gasteiger partial charge in [-0.15, -0.1) is 0 Å². The molecule has 11 heteroatoms. The summed E-state index contributed by atoms with van der Waals surface area (Å²) in [5.74, 6) is -0.731. The minimum Gasteiger partial charge on any atom is -0.394 e. The van der Waals surface area contributed by atoms with Gasteiger partial charge in [0.1, 0.15) is 36.6 Å². The average molecular weight is 900 g/mol. The number of ether oxygens (including phenoxy) is 2. The predicted molar refractivity (Wildman–Crippen MR) is 256 cm³/mol. The highest BCUT2D eigenvalue weighted by Crippen LogP contribution is 2.23. The summed E-state index contributed by atoms with van der Waals surface area (Å²) in [6.45, 7) is 3.39. The largest absolute Gasteiger partial charge is 0.394 e. The van der Waals surface area contributed by atoms with Crippen LogP contribution in [0.5, 0.6) is 0 Å². The third-order valence-electron chi connectivity index (χ3n) is 13.1. The molecule has 1 saturated heterocycles. The molecule has 11 nitrogen and oxygen atoms in total. The van der Waals surface area contributed by atoms with Crippen LogP contribution in [0, 0.1) is 0 Å². The summed E-state index contributed by atoms with van der Waals surface area (Å²) in [7, 11) is 0. The first-order chi connectivity index (χ1) is 30.7. The molecule has 0 aromatic heterocycles. The van der Waals surface area contributed by atoms with Crippen molar-refractivity contribution in [2.24, 2.45) is 0 Å². The second-order valence-electron chi connectivity index (χ2n) is 19.0. The van der Waals surface area contributed by atoms with Gasteiger partial charge in [0.05, 0.1) is 25.4 Å². The topological polar surface area (TPSA) is 189 Å². The Morgan fingerprint density at radius 2 is 0.937 bits per heavy atom. The van der Waals surface area contributed by atoms with E-state index >= 15 is 0 Å². The van der Waals surface area contributed by atoms with Crippen molar-refractivity contribution < 1.29 is 50.0 Å². The third-order valence-corrected chi connectivity index (χ3v) is 13.1. The molecular weight excluding hydrogens is 799 g/mol. The summed E-state index contributed by atoms with van der Waals surface area (Å²) in [5.41, 5.74) is 0. The van der Waals surface area contributed by atoms with Crippen molar-refractivity contribution in [3.63, 3.8) is 0 Å². The summed E-state index contributed by atoms with van der Waals surface area (Å²) < 4.78 is 11.1. The number of rotatable bonds is 45. The molecule has 0 aromatic rings. The highest BCUT2D eigenvalue weighted by Gasteiger charge is 2.44. The van der Waals surface area contributed by atoms with Gasteiger partial charge >= 0.3 is 0 Å². The molecule has 9 unspecified atom stereocenters. The maximum atomic E-state index is 13.0. The van der Waals surface area contributed by atoms with E-state index in [1.807, 2.05) is 6.08 Å². The van der Waals surface area contributed by atoms with Gasteiger partial charge in [-0.1, -0.05) is 225 Å². The SMILES string of the molecule is CCCCCC/C=C\CCC(O)C(=O)NC(COC1OC(CO)C(O)C(O)C1O)C(O)C(O)CCCCCCCCCCCCCCCCCCCCCCCCCCCCCC. The Morgan fingerprint density at radius 1 is 0.540 bits per heavy atom. The Bertz CT molecular complexity index is 1030. The summed E-state index contributed by atoms with van der Waals surface area (Å²) in [6.07, 6.45) is 36.1. The van der Waals surface area contributed by atoms with E-state index in [-0.39, 0.29) is 6.42 Å². The van der Waals surface area contributed by atoms with Crippen LogP contribution in [0.2, 0.25) is 0 Å². The molecule has 0 radical (unpaired) electrons. The molecule has 63 heavy (non-hydrogen) atoms. The number of hydrogen-bond acceptors (Lipinski definition) is 10. The van der Waals surface area contributed by atoms with E-state index in [1.165, 1.54) is 173 Å². The Kier molecular flexibility index (Phi) is 40.1. The second kappa shape index (κ2) is 42.2. The van der Waals surface area contributed by atoms with Crippen molar-refractivity contribution in [1.82, 2.24) is 5.32 Å². The van der Waals surface area contributed by atoms with Crippen LogP contribution in [0.3, 0.4) is 0 Å². The van der Waals surface area contributed by atoms with Crippen LogP contribution in [0.4, 0.5) is 0 Å². The number of unbranched alkanes of at least 4 members (excludes halogenated alkanes) is 31. The molecule has 8 N–H and O–H groups in total. The van der Waals surface area contributed by atoms with E-state index in [2.05, 4.69) is 25.2 Å². The Hall–Kier alpha value is -1.15. The molecule has 1 aliphatic heterocycles. The fraction of sp³-hybridized carbons (Fsp3) is 0.942. The fourth-order valence-electron chi connectivity index (χ4n) is 8.68. The van der Waals surface area contributed by atoms with E-state index in [9.17, 15) is 40.5 Å². The van der Waals surface area contributed by atoms with Gasteiger partial charge in [-0.2, -0.15) is 0 Å². The molecule has 1 heterocycles. The molecule has 1 rings (SSSR count). The predicted octanol–water partition coefficient (Wildman–Crippen LogP) is 10.0. The summed E-state index contributed by atoms with van der Waals surface area (Å²) >= 11 is 0. The molecule has 1 amide bonds. The van der Waals surface area contributed by atoms with Crippen molar-refractivity contribution in [2.75, 3.05) is 13.2 Å². The lowest BCUT2D eigenvalue weighted by molar-refractivity contribution is -0.303. The monoisotopic (exact) mass is 900 g/mol. The molecule has 0 aromatic carbocycles. The van der Waals surface area contributed by atoms with E-state index in [0.717, 1.165) is 32.1 Å². The molecular formula is C52H101NO10. The molecule has 374 valence electrons. The number of amides is 1. The smallest absolute Gasteiger partial charge is 0.249 e. The standard InChI is InChI=1S/C52H101NO10/c1-3-5-7-9-11-13-14-15-16-17-18-19-20-21-22-23-24-25-26-27-28-29-30-31-32-34-35-37-39-44(55)47(57)43(42-62-52-50(60)49(59)48(58)46(41-54)63-52)53-51(61)45(56)40-38-36-33-12-10-8-6-4-2/h33,36,43-50,52,54-60H,3-32,34-35,37-42H2,1-2H3,(H,53,61)/b36-33-. The minimum absolute atomic E-state index is 0.176. The molecule has 0 aliphatic carbocycles. The third kappa shape index (κ3) is 31.5. The number of carbonyl (C=O) groups excluding carboxylic acids is 1. The van der Waals surface area contributed by atoms with E-state index in [0.29, 0.717) is 19.3 Å². The zero-order valence-electron chi connectivity index (χ0n) is 40.6. The van der Waals surface area contributed by atoms with Crippen LogP contribution >= 0.6 is 0 Å². The lowest BCUT2D eigenvalue weighted by Crippen LogP contribution is -2.60. The zero-order valence-corrected chi connectivity index (χ0v) is 40.6. The number of carbonyl (C=O) groups is 1. The van der Waals surface area contributed by atoms with Gasteiger partial charge in [-0.25, -0.2) is 0 Å². The van der Waals surface area contributed by atoms with Gasteiger partial charge < -0.3 is 50.5 Å². The Labute approximate surface area is 385 Å². The van der Waals surface area contributed by atoms with Crippen molar-refractivity contribution in [3.05, 3.63) is 12.2 Å². The average Bonchev–Trinajstić information content (AvgIpc) is 3.28. The molecule has 0 bridgehead atoms. The number of aliphatic hydroxyl groups is 7. The molecule has 9 atom stereocenters. The van der Waals surface area contributed by atoms with Crippen molar-refractivity contribution in [3.8, 4) is 0 Å². The number of allylic oxidation sites excluding steroid dienone is 2. The van der Waals surface area contributed by atoms with Crippen molar-refractivity contribution in [2.45, 2.75) is 300 Å². The highest BCUT2D eigenvalue weighted by atomic mass is 16.7. The lowest BCUT2D eigenvalue weighted by Gasteiger charge is -2.40. The first-order valence-electron chi connectivity index (χ1n) is 26.6. The van der Waals surface area contributed by atoms with Crippen LogP contribution in [0.1, 0.15) is 245 Å². The molecule has 1 fully saturated rings. The van der Waals surface area contributed by atoms with Gasteiger partial charge in [-0.05, 0) is 32.1 Å². The van der Waals surface area contributed by atoms with Gasteiger partial charge in [0.25, 0.3) is 0 Å². The minimum atomic E-state index is -1.66. The summed E-state index contributed by atoms with van der Waals surface area (Å²) in [6, 6.07) is -1.18. The van der Waals surface area contributed by atoms with Crippen molar-refractivity contribution in [1.29, 1.82) is 0 Å². The summed E-state index contributed by atoms with van der Waals surface area (Å²) in [5, 5.41) is 75.5. The van der Waals surface area contributed by atoms with E-state index in [1.54, 1.807) is 0 Å². The number of aliphatic hydroxyl groups excluding tert-OH is 7. The quantitative estimate of drug-likeness (QED) is 0.0216. The van der Waals surface area contributed by atoms with Crippen LogP contribution in [0.15, 0.2) is 12.2 Å². The number of nitrogens with one attached hydrogen (secondary N) is 1. The van der Waals surface area contributed by atoms with Gasteiger partial charge in [0.2, 0.25) is 5.91 Å². The second-order valence-corrected chi connectivity index (χ2v) is 19.0. The first kappa shape index (κ1) is 59.9. The first-order valence-corrected chi connectivity index (χ1v) is 26.6. The van der Waals surface area contributed by atoms with Gasteiger partial charge in [0.15, 0.2) is 6.29 Å². The zero-order chi connectivity index (χ0) is 46.2. The maximum Gasteiger partial charge on any atom is 0.249 e. The van der Waals surface area contributed by atoms with E-state index < -0.39 is 74.2 Å². The van der Waals surface area contributed by atoms with Crippen LogP contribution in [0.25, 0.3) is 0 Å². The highest BCUT2D eigenvalue weighted by molar-refractivity contribution is 5.80. The van der Waals surface area contributed by atoms with E-state index in [4.69, 9.17) is 9.47 Å². The van der Waals surface area contributed by atoms with Gasteiger partial charge in [-0.3, -0.25) is 4.79 Å². The molecule has 1 aliphatic rings. The fourth-order valence-corrected chi connectivity index (χ4v) is 8.68. The Balaban J connectivity index is 2.22. The number of hydrogen-bond donors (Lipinski definition) is 8. The van der Waals surface area contributed by atoms with Gasteiger partial charge in [0, 0.05) is 0 Å². The van der Waals surface area contributed by atoms with Crippen LogP contribution < -0.4 is 5.32 Å². The van der Waals surface area contributed by atoms with Crippen molar-refractivity contribution >= 4 is 5.91 Å².